The molecule has 1 saturated heterocycles. The van der Waals surface area contributed by atoms with Gasteiger partial charge in [-0.3, -0.25) is 14.9 Å². The number of aryl methyl sites for hydroxylation is 2. The molecule has 1 aromatic carbocycles. The maximum Gasteiger partial charge on any atom is 1.00 e. The minimum atomic E-state index is -1.14. The van der Waals surface area contributed by atoms with Crippen LogP contribution in [0.25, 0.3) is 0 Å². The van der Waals surface area contributed by atoms with E-state index in [2.05, 4.69) is 30.9 Å². The van der Waals surface area contributed by atoms with E-state index in [-0.39, 0.29) is 47.2 Å². The van der Waals surface area contributed by atoms with Crippen LogP contribution in [0.15, 0.2) is 60.9 Å². The number of pyridine rings is 2. The van der Waals surface area contributed by atoms with Crippen molar-refractivity contribution in [2.75, 3.05) is 0 Å². The number of hydrogen-bond acceptors (Lipinski definition) is 5. The molecule has 0 radical (unpaired) electrons. The van der Waals surface area contributed by atoms with E-state index in [0.29, 0.717) is 6.54 Å². The predicted molar refractivity (Wildman–Crippen MR) is 114 cm³/mol. The summed E-state index contributed by atoms with van der Waals surface area (Å²) < 4.78 is 0. The summed E-state index contributed by atoms with van der Waals surface area (Å²) in [7, 11) is 0. The average Bonchev–Trinajstić information content (AvgIpc) is 2.75. The largest absolute Gasteiger partial charge is 1.00 e. The summed E-state index contributed by atoms with van der Waals surface area (Å²) >= 11 is 0. The van der Waals surface area contributed by atoms with Crippen LogP contribution in [0.4, 0.5) is 0 Å². The van der Waals surface area contributed by atoms with Crippen LogP contribution in [0.1, 0.15) is 69.8 Å². The number of carboxylic acids is 1. The van der Waals surface area contributed by atoms with Crippen LogP contribution in [0.3, 0.4) is 0 Å². The van der Waals surface area contributed by atoms with Gasteiger partial charge in [0.05, 0.1) is 29.4 Å². The molecule has 3 aromatic rings. The number of carbonyl (C=O) groups excluding carboxylic acids is 1. The van der Waals surface area contributed by atoms with Crippen molar-refractivity contribution in [2.45, 2.75) is 51.7 Å². The van der Waals surface area contributed by atoms with Crippen LogP contribution in [0, 0.1) is 13.8 Å². The summed E-state index contributed by atoms with van der Waals surface area (Å²) in [5.41, 5.74) is 5.43. The number of benzene rings is 1. The third-order valence-corrected chi connectivity index (χ3v) is 6.08. The van der Waals surface area contributed by atoms with E-state index in [4.69, 9.17) is 9.97 Å². The topological polar surface area (TPSA) is 69.2 Å². The summed E-state index contributed by atoms with van der Waals surface area (Å²) in [5, 5.41) is 11.7. The van der Waals surface area contributed by atoms with E-state index >= 15 is 0 Å². The second-order valence-electron chi connectivity index (χ2n) is 7.99. The summed E-state index contributed by atoms with van der Waals surface area (Å²) in [5.74, 6) is -1.14. The van der Waals surface area contributed by atoms with Gasteiger partial charge in [0.25, 0.3) is 0 Å². The second kappa shape index (κ2) is 10.5. The van der Waals surface area contributed by atoms with Crippen LogP contribution in [0.2, 0.25) is 0 Å². The Morgan fingerprint density at radius 1 is 0.935 bits per heavy atom. The minimum Gasteiger partial charge on any atom is -0.545 e. The fourth-order valence-corrected chi connectivity index (χ4v) is 4.61. The molecule has 2 atom stereocenters. The first-order valence-corrected chi connectivity index (χ1v) is 10.4. The number of rotatable bonds is 5. The number of aromatic carboxylic acids is 1. The van der Waals surface area contributed by atoms with Crippen LogP contribution in [0.5, 0.6) is 0 Å². The van der Waals surface area contributed by atoms with Crippen molar-refractivity contribution in [2.24, 2.45) is 0 Å². The van der Waals surface area contributed by atoms with Gasteiger partial charge in [-0.05, 0) is 61.9 Å². The van der Waals surface area contributed by atoms with Crippen molar-refractivity contribution >= 4 is 5.97 Å². The van der Waals surface area contributed by atoms with Crippen LogP contribution in [-0.2, 0) is 6.54 Å². The fraction of sp³-hybridized carbons (Fsp3) is 0.320. The number of aromatic nitrogens is 2. The van der Waals surface area contributed by atoms with E-state index in [1.54, 1.807) is 12.1 Å². The minimum absolute atomic E-state index is 0. The second-order valence-corrected chi connectivity index (χ2v) is 7.99. The monoisotopic (exact) mass is 423 g/mol. The van der Waals surface area contributed by atoms with Gasteiger partial charge in [-0.2, -0.15) is 0 Å². The van der Waals surface area contributed by atoms with E-state index < -0.39 is 5.97 Å². The number of likely N-dealkylation sites (tertiary alicyclic amines) is 1. The van der Waals surface area contributed by atoms with Gasteiger partial charge in [-0.15, -0.1) is 0 Å². The van der Waals surface area contributed by atoms with Gasteiger partial charge < -0.3 is 9.90 Å². The first-order chi connectivity index (χ1) is 14.6. The van der Waals surface area contributed by atoms with Gasteiger partial charge in [0.1, 0.15) is 0 Å². The van der Waals surface area contributed by atoms with E-state index in [0.717, 1.165) is 47.3 Å². The quantitative estimate of drug-likeness (QED) is 0.571. The molecule has 1 aliphatic rings. The molecule has 3 heterocycles. The third-order valence-electron chi connectivity index (χ3n) is 6.08. The van der Waals surface area contributed by atoms with E-state index in [1.165, 1.54) is 0 Å². The molecule has 0 N–H and O–H groups in total. The molecular formula is C25H26N3NaO2. The molecule has 2 unspecified atom stereocenters. The van der Waals surface area contributed by atoms with E-state index in [9.17, 15) is 9.90 Å². The third kappa shape index (κ3) is 5.07. The van der Waals surface area contributed by atoms with Crippen molar-refractivity contribution in [1.29, 1.82) is 0 Å². The molecule has 5 nitrogen and oxygen atoms in total. The Kier molecular flexibility index (Phi) is 8.00. The van der Waals surface area contributed by atoms with Gasteiger partial charge in [0.15, 0.2) is 0 Å². The number of hydrogen-bond donors (Lipinski definition) is 0. The Hall–Kier alpha value is -2.05. The summed E-state index contributed by atoms with van der Waals surface area (Å²) in [6, 6.07) is 15.4. The van der Waals surface area contributed by atoms with Crippen LogP contribution < -0.4 is 34.7 Å². The molecule has 0 amide bonds. The molecule has 4 rings (SSSR count). The molecule has 1 fully saturated rings. The number of nitrogens with zero attached hydrogens (tertiary/aromatic N) is 3. The van der Waals surface area contributed by atoms with Gasteiger partial charge >= 0.3 is 29.6 Å². The SMILES string of the molecule is Cc1cccnc1C1CCCC(c2ncccc2C)N1Cc1ccccc1C(=O)[O-].[Na+]. The maximum atomic E-state index is 11.7. The van der Waals surface area contributed by atoms with Gasteiger partial charge in [0, 0.05) is 24.5 Å². The summed E-state index contributed by atoms with van der Waals surface area (Å²) in [4.78, 5) is 23.5. The van der Waals surface area contributed by atoms with Gasteiger partial charge in [-0.25, -0.2) is 0 Å². The molecule has 0 saturated carbocycles. The normalized spacial score (nSPS) is 18.9. The molecule has 0 aliphatic carbocycles. The molecular weight excluding hydrogens is 397 g/mol. The Morgan fingerprint density at radius 2 is 1.48 bits per heavy atom. The van der Waals surface area contributed by atoms with Gasteiger partial charge in [-0.1, -0.05) is 36.4 Å². The molecule has 0 bridgehead atoms. The van der Waals surface area contributed by atoms with Crippen LogP contribution >= 0.6 is 0 Å². The van der Waals surface area contributed by atoms with E-state index in [1.807, 2.05) is 36.7 Å². The zero-order valence-corrected chi connectivity index (χ0v) is 20.4. The zero-order valence-electron chi connectivity index (χ0n) is 18.4. The van der Waals surface area contributed by atoms with Crippen molar-refractivity contribution in [3.63, 3.8) is 0 Å². The standard InChI is InChI=1S/C25H27N3O2.Na/c1-17-8-6-14-26-23(17)21-12-5-13-22(24-18(2)9-7-15-27-24)28(21)16-19-10-3-4-11-20(19)25(29)30;/h3-4,6-11,14-15,21-22H,5,12-13,16H2,1-2H3,(H,29,30);/q;+1/p-1. The van der Waals surface area contributed by atoms with Crippen LogP contribution in [-0.4, -0.2) is 20.8 Å². The number of carboxylic acid groups (broad SMARTS) is 1. The first-order valence-electron chi connectivity index (χ1n) is 10.4. The molecule has 0 spiro atoms. The zero-order chi connectivity index (χ0) is 21.1. The molecule has 6 heteroatoms. The smallest absolute Gasteiger partial charge is 0.545 e. The van der Waals surface area contributed by atoms with Crippen molar-refractivity contribution in [3.05, 3.63) is 94.6 Å². The summed E-state index contributed by atoms with van der Waals surface area (Å²) in [6.45, 7) is 4.68. The molecule has 154 valence electrons. The summed E-state index contributed by atoms with van der Waals surface area (Å²) in [6.07, 6.45) is 6.71. The number of carbonyl (C=O) groups is 1. The maximum absolute atomic E-state index is 11.7. The van der Waals surface area contributed by atoms with Crippen molar-refractivity contribution < 1.29 is 39.5 Å². The Labute approximate surface area is 205 Å². The Bertz CT molecular complexity index is 1000. The Balaban J connectivity index is 0.00000272. The first kappa shape index (κ1) is 23.6. The fourth-order valence-electron chi connectivity index (χ4n) is 4.61. The predicted octanol–water partition coefficient (Wildman–Crippen LogP) is 0.929. The molecule has 31 heavy (non-hydrogen) atoms. The molecule has 2 aromatic heterocycles. The van der Waals surface area contributed by atoms with Gasteiger partial charge in [0.2, 0.25) is 0 Å². The Morgan fingerprint density at radius 3 is 2.00 bits per heavy atom. The van der Waals surface area contributed by atoms with Crippen molar-refractivity contribution in [1.82, 2.24) is 14.9 Å². The average molecular weight is 423 g/mol. The molecule has 1 aliphatic heterocycles. The van der Waals surface area contributed by atoms with Crippen molar-refractivity contribution in [3.8, 4) is 0 Å². The number of piperidine rings is 1.